The molecule has 0 aromatic rings. The first-order valence-electron chi connectivity index (χ1n) is 6.04. The summed E-state index contributed by atoms with van der Waals surface area (Å²) < 4.78 is 4.97. The van der Waals surface area contributed by atoms with Crippen LogP contribution < -0.4 is 10.6 Å². The Morgan fingerprint density at radius 1 is 1.47 bits per heavy atom. The summed E-state index contributed by atoms with van der Waals surface area (Å²) in [5.74, 6) is 0.791. The van der Waals surface area contributed by atoms with E-state index in [-0.39, 0.29) is 6.09 Å². The van der Waals surface area contributed by atoms with E-state index in [2.05, 4.69) is 15.6 Å². The van der Waals surface area contributed by atoms with Gasteiger partial charge in [0.2, 0.25) is 0 Å². The first kappa shape index (κ1) is 13.6. The summed E-state index contributed by atoms with van der Waals surface area (Å²) >= 11 is 0. The van der Waals surface area contributed by atoms with Crippen LogP contribution in [0.25, 0.3) is 0 Å². The minimum absolute atomic E-state index is 0.205. The minimum Gasteiger partial charge on any atom is -0.450 e. The van der Waals surface area contributed by atoms with E-state index >= 15 is 0 Å². The van der Waals surface area contributed by atoms with Gasteiger partial charge in [-0.25, -0.2) is 4.79 Å². The summed E-state index contributed by atoms with van der Waals surface area (Å²) in [7, 11) is 3.58. The summed E-state index contributed by atoms with van der Waals surface area (Å²) in [6.07, 6.45) is 1.63. The number of aliphatic imine (C=N–C) groups is 1. The number of hydrogen-bond donors (Lipinski definition) is 2. The predicted molar refractivity (Wildman–Crippen MR) is 67.2 cm³/mol. The smallest absolute Gasteiger partial charge is 0.409 e. The van der Waals surface area contributed by atoms with Gasteiger partial charge in [0.05, 0.1) is 6.61 Å². The van der Waals surface area contributed by atoms with Gasteiger partial charge in [0, 0.05) is 33.2 Å². The molecule has 1 heterocycles. The van der Waals surface area contributed by atoms with Gasteiger partial charge in [0.25, 0.3) is 0 Å². The molecule has 0 saturated carbocycles. The average Bonchev–Trinajstić information content (AvgIpc) is 2.37. The van der Waals surface area contributed by atoms with E-state index in [4.69, 9.17) is 4.74 Å². The Morgan fingerprint density at radius 3 is 2.59 bits per heavy atom. The lowest BCUT2D eigenvalue weighted by molar-refractivity contribution is 0.0963. The van der Waals surface area contributed by atoms with Crippen molar-refractivity contribution in [3.05, 3.63) is 0 Å². The van der Waals surface area contributed by atoms with Crippen molar-refractivity contribution in [1.82, 2.24) is 15.5 Å². The molecule has 2 N–H and O–H groups in total. The van der Waals surface area contributed by atoms with Crippen LogP contribution in [-0.2, 0) is 4.74 Å². The van der Waals surface area contributed by atoms with Crippen molar-refractivity contribution in [1.29, 1.82) is 0 Å². The molecule has 0 unspecified atom stereocenters. The maximum atomic E-state index is 11.5. The average molecular weight is 242 g/mol. The molecule has 0 aromatic heterocycles. The first-order valence-corrected chi connectivity index (χ1v) is 6.04. The van der Waals surface area contributed by atoms with Crippen molar-refractivity contribution < 1.29 is 9.53 Å². The molecule has 6 nitrogen and oxygen atoms in total. The highest BCUT2D eigenvalue weighted by atomic mass is 16.6. The minimum atomic E-state index is -0.205. The third kappa shape index (κ3) is 4.13. The van der Waals surface area contributed by atoms with Crippen molar-refractivity contribution >= 4 is 12.1 Å². The number of ether oxygens (including phenoxy) is 1. The van der Waals surface area contributed by atoms with Crippen molar-refractivity contribution in [2.45, 2.75) is 25.8 Å². The Hall–Kier alpha value is -1.46. The van der Waals surface area contributed by atoms with E-state index in [1.165, 1.54) is 0 Å². The molecule has 6 heteroatoms. The molecule has 0 spiro atoms. The molecule has 1 saturated heterocycles. The van der Waals surface area contributed by atoms with Crippen LogP contribution >= 0.6 is 0 Å². The van der Waals surface area contributed by atoms with Crippen LogP contribution in [0.15, 0.2) is 4.99 Å². The topological polar surface area (TPSA) is 66.0 Å². The lowest BCUT2D eigenvalue weighted by atomic mass is 10.1. The Labute approximate surface area is 102 Å². The van der Waals surface area contributed by atoms with Crippen LogP contribution in [-0.4, -0.2) is 56.8 Å². The molecule has 1 aliphatic rings. The Balaban J connectivity index is 2.33. The quantitative estimate of drug-likeness (QED) is 0.543. The number of carbonyl (C=O) groups excluding carboxylic acids is 1. The summed E-state index contributed by atoms with van der Waals surface area (Å²) in [5, 5.41) is 6.29. The normalized spacial score (nSPS) is 17.8. The second-order valence-corrected chi connectivity index (χ2v) is 3.93. The van der Waals surface area contributed by atoms with Crippen molar-refractivity contribution in [2.75, 3.05) is 33.8 Å². The van der Waals surface area contributed by atoms with Crippen LogP contribution in [0.5, 0.6) is 0 Å². The van der Waals surface area contributed by atoms with E-state index in [1.54, 1.807) is 11.9 Å². The van der Waals surface area contributed by atoms with Gasteiger partial charge >= 0.3 is 6.09 Å². The zero-order chi connectivity index (χ0) is 12.7. The number of likely N-dealkylation sites (tertiary alicyclic amines) is 1. The standard InChI is InChI=1S/C11H22N4O2/c1-4-17-11(16)15-7-5-9(6-8-15)14-10(12-2)13-3/h9H,4-8H2,1-3H3,(H2,12,13,14). The highest BCUT2D eigenvalue weighted by molar-refractivity contribution is 5.79. The number of piperidine rings is 1. The largest absolute Gasteiger partial charge is 0.450 e. The van der Waals surface area contributed by atoms with E-state index < -0.39 is 0 Å². The van der Waals surface area contributed by atoms with Crippen LogP contribution in [0.4, 0.5) is 4.79 Å². The highest BCUT2D eigenvalue weighted by Crippen LogP contribution is 2.11. The molecule has 1 rings (SSSR count). The second-order valence-electron chi connectivity index (χ2n) is 3.93. The fraction of sp³-hybridized carbons (Fsp3) is 0.818. The van der Waals surface area contributed by atoms with Gasteiger partial charge in [-0.1, -0.05) is 0 Å². The van der Waals surface area contributed by atoms with E-state index in [1.807, 2.05) is 14.0 Å². The zero-order valence-corrected chi connectivity index (χ0v) is 10.8. The first-order chi connectivity index (χ1) is 8.21. The molecule has 0 aliphatic carbocycles. The fourth-order valence-electron chi connectivity index (χ4n) is 1.86. The molecule has 0 atom stereocenters. The van der Waals surface area contributed by atoms with Gasteiger partial charge in [0.15, 0.2) is 5.96 Å². The number of carbonyl (C=O) groups is 1. The Bertz CT molecular complexity index is 273. The van der Waals surface area contributed by atoms with Crippen LogP contribution in [0.3, 0.4) is 0 Å². The molecular weight excluding hydrogens is 220 g/mol. The molecule has 0 radical (unpaired) electrons. The second kappa shape index (κ2) is 6.98. The SMILES string of the molecule is CCOC(=O)N1CCC(NC(=NC)NC)CC1. The molecular formula is C11H22N4O2. The number of hydrogen-bond acceptors (Lipinski definition) is 3. The van der Waals surface area contributed by atoms with Crippen molar-refractivity contribution in [3.63, 3.8) is 0 Å². The van der Waals surface area contributed by atoms with Gasteiger partial charge in [-0.15, -0.1) is 0 Å². The predicted octanol–water partition coefficient (Wildman–Crippen LogP) is 0.402. The monoisotopic (exact) mass is 242 g/mol. The lowest BCUT2D eigenvalue weighted by Crippen LogP contribution is -2.49. The Kier molecular flexibility index (Phi) is 5.59. The maximum Gasteiger partial charge on any atom is 0.409 e. The third-order valence-electron chi connectivity index (χ3n) is 2.82. The number of nitrogens with zero attached hydrogens (tertiary/aromatic N) is 2. The summed E-state index contributed by atoms with van der Waals surface area (Å²) in [4.78, 5) is 17.3. The van der Waals surface area contributed by atoms with E-state index in [0.29, 0.717) is 12.6 Å². The number of rotatable bonds is 2. The third-order valence-corrected chi connectivity index (χ3v) is 2.82. The van der Waals surface area contributed by atoms with Crippen molar-refractivity contribution in [3.8, 4) is 0 Å². The highest BCUT2D eigenvalue weighted by Gasteiger charge is 2.23. The van der Waals surface area contributed by atoms with Gasteiger partial charge in [0.1, 0.15) is 0 Å². The van der Waals surface area contributed by atoms with Crippen LogP contribution in [0.1, 0.15) is 19.8 Å². The summed E-state index contributed by atoms with van der Waals surface area (Å²) in [5.41, 5.74) is 0. The molecule has 0 aromatic carbocycles. The summed E-state index contributed by atoms with van der Waals surface area (Å²) in [6, 6.07) is 0.367. The maximum absolute atomic E-state index is 11.5. The number of guanidine groups is 1. The van der Waals surface area contributed by atoms with E-state index in [9.17, 15) is 4.79 Å². The number of nitrogens with one attached hydrogen (secondary N) is 2. The van der Waals surface area contributed by atoms with Crippen LogP contribution in [0.2, 0.25) is 0 Å². The Morgan fingerprint density at radius 2 is 2.12 bits per heavy atom. The number of amides is 1. The molecule has 1 amide bonds. The lowest BCUT2D eigenvalue weighted by Gasteiger charge is -2.32. The molecule has 98 valence electrons. The molecule has 0 bridgehead atoms. The van der Waals surface area contributed by atoms with Gasteiger partial charge in [-0.2, -0.15) is 0 Å². The van der Waals surface area contributed by atoms with E-state index in [0.717, 1.165) is 31.9 Å². The van der Waals surface area contributed by atoms with Gasteiger partial charge < -0.3 is 20.3 Å². The van der Waals surface area contributed by atoms with Crippen LogP contribution in [0, 0.1) is 0 Å². The van der Waals surface area contributed by atoms with Gasteiger partial charge in [-0.05, 0) is 19.8 Å². The fourth-order valence-corrected chi connectivity index (χ4v) is 1.86. The summed E-state index contributed by atoms with van der Waals surface area (Å²) in [6.45, 7) is 3.72. The molecule has 1 fully saturated rings. The molecule has 17 heavy (non-hydrogen) atoms. The molecule has 1 aliphatic heterocycles. The van der Waals surface area contributed by atoms with Crippen molar-refractivity contribution in [2.24, 2.45) is 4.99 Å². The van der Waals surface area contributed by atoms with Gasteiger partial charge in [-0.3, -0.25) is 4.99 Å². The zero-order valence-electron chi connectivity index (χ0n) is 10.8.